The van der Waals surface area contributed by atoms with Crippen LogP contribution in [0, 0.1) is 0 Å². The van der Waals surface area contributed by atoms with Crippen LogP contribution < -0.4 is 0 Å². The summed E-state index contributed by atoms with van der Waals surface area (Å²) in [4.78, 5) is 2.30. The van der Waals surface area contributed by atoms with Crippen LogP contribution in [-0.4, -0.2) is 36.2 Å². The lowest BCUT2D eigenvalue weighted by Crippen LogP contribution is -2.29. The second kappa shape index (κ2) is 14.3. The zero-order valence-electron chi connectivity index (χ0n) is 13.7. The van der Waals surface area contributed by atoms with Gasteiger partial charge in [-0.3, -0.25) is 0 Å². The second-order valence-corrected chi connectivity index (χ2v) is 6.03. The second-order valence-electron chi connectivity index (χ2n) is 6.03. The van der Waals surface area contributed by atoms with Gasteiger partial charge in [0, 0.05) is 6.54 Å². The highest BCUT2D eigenvalue weighted by Gasteiger charge is 2.07. The van der Waals surface area contributed by atoms with E-state index in [4.69, 9.17) is 0 Å². The van der Waals surface area contributed by atoms with Gasteiger partial charge in [-0.05, 0) is 26.4 Å². The summed E-state index contributed by atoms with van der Waals surface area (Å²) in [6, 6.07) is 0. The summed E-state index contributed by atoms with van der Waals surface area (Å²) in [5.74, 6) is 0. The maximum atomic E-state index is 9.95. The van der Waals surface area contributed by atoms with Crippen LogP contribution in [-0.2, 0) is 0 Å². The van der Waals surface area contributed by atoms with Gasteiger partial charge in [0.2, 0.25) is 0 Å². The SMILES string of the molecule is CCCCCCCCN(C)CC(O)CCCCCC. The minimum absolute atomic E-state index is 0.123. The minimum Gasteiger partial charge on any atom is -0.392 e. The maximum Gasteiger partial charge on any atom is 0.0667 e. The quantitative estimate of drug-likeness (QED) is 0.466. The van der Waals surface area contributed by atoms with Crippen LogP contribution in [0.3, 0.4) is 0 Å². The van der Waals surface area contributed by atoms with Crippen LogP contribution in [0.5, 0.6) is 0 Å². The Morgan fingerprint density at radius 1 is 0.789 bits per heavy atom. The predicted molar refractivity (Wildman–Crippen MR) is 85.6 cm³/mol. The molecule has 0 radical (unpaired) electrons. The van der Waals surface area contributed by atoms with E-state index in [-0.39, 0.29) is 6.10 Å². The third kappa shape index (κ3) is 14.1. The van der Waals surface area contributed by atoms with Crippen molar-refractivity contribution >= 4 is 0 Å². The number of hydrogen-bond donors (Lipinski definition) is 1. The van der Waals surface area contributed by atoms with E-state index < -0.39 is 0 Å². The molecule has 0 saturated heterocycles. The van der Waals surface area contributed by atoms with Gasteiger partial charge in [-0.25, -0.2) is 0 Å². The predicted octanol–water partition coefficient (Wildman–Crippen LogP) is 4.61. The van der Waals surface area contributed by atoms with Crippen molar-refractivity contribution in [3.8, 4) is 0 Å². The zero-order valence-corrected chi connectivity index (χ0v) is 13.7. The van der Waals surface area contributed by atoms with Gasteiger partial charge in [0.15, 0.2) is 0 Å². The molecule has 0 fully saturated rings. The first kappa shape index (κ1) is 18.9. The Kier molecular flexibility index (Phi) is 14.3. The van der Waals surface area contributed by atoms with Crippen LogP contribution in [0.15, 0.2) is 0 Å². The molecule has 0 aromatic rings. The molecule has 0 spiro atoms. The summed E-state index contributed by atoms with van der Waals surface area (Å²) >= 11 is 0. The fourth-order valence-corrected chi connectivity index (χ4v) is 2.51. The van der Waals surface area contributed by atoms with Gasteiger partial charge in [0.25, 0.3) is 0 Å². The van der Waals surface area contributed by atoms with Gasteiger partial charge in [-0.15, -0.1) is 0 Å². The van der Waals surface area contributed by atoms with Crippen molar-refractivity contribution in [2.75, 3.05) is 20.1 Å². The maximum absolute atomic E-state index is 9.95. The molecule has 0 aliphatic rings. The molecule has 1 unspecified atom stereocenters. The van der Waals surface area contributed by atoms with Gasteiger partial charge in [0.05, 0.1) is 6.10 Å². The van der Waals surface area contributed by atoms with E-state index in [9.17, 15) is 5.11 Å². The van der Waals surface area contributed by atoms with Crippen molar-refractivity contribution in [3.05, 3.63) is 0 Å². The van der Waals surface area contributed by atoms with Crippen LogP contribution >= 0.6 is 0 Å². The van der Waals surface area contributed by atoms with Crippen LogP contribution in [0.1, 0.15) is 84.5 Å². The van der Waals surface area contributed by atoms with Crippen LogP contribution in [0.25, 0.3) is 0 Å². The lowest BCUT2D eigenvalue weighted by atomic mass is 10.1. The van der Waals surface area contributed by atoms with E-state index in [1.54, 1.807) is 0 Å². The Bertz CT molecular complexity index is 173. The van der Waals surface area contributed by atoms with Gasteiger partial charge in [0.1, 0.15) is 0 Å². The molecule has 0 aliphatic heterocycles. The van der Waals surface area contributed by atoms with Crippen molar-refractivity contribution in [1.82, 2.24) is 4.90 Å². The summed E-state index contributed by atoms with van der Waals surface area (Å²) in [5.41, 5.74) is 0. The number of unbranched alkanes of at least 4 members (excludes halogenated alkanes) is 8. The molecule has 0 saturated carbocycles. The Morgan fingerprint density at radius 3 is 1.95 bits per heavy atom. The summed E-state index contributed by atoms with van der Waals surface area (Å²) in [6.45, 7) is 6.47. The first-order valence-electron chi connectivity index (χ1n) is 8.57. The summed E-state index contributed by atoms with van der Waals surface area (Å²) in [5, 5.41) is 9.95. The molecule has 0 heterocycles. The first-order chi connectivity index (χ1) is 9.20. The molecule has 2 heteroatoms. The number of hydrogen-bond acceptors (Lipinski definition) is 2. The molecular weight excluding hydrogens is 234 g/mol. The monoisotopic (exact) mass is 271 g/mol. The normalized spacial score (nSPS) is 13.1. The zero-order chi connectivity index (χ0) is 14.3. The molecule has 0 aromatic heterocycles. The molecular formula is C17H37NO. The first-order valence-corrected chi connectivity index (χ1v) is 8.57. The van der Waals surface area contributed by atoms with Crippen molar-refractivity contribution in [1.29, 1.82) is 0 Å². The molecule has 0 aliphatic carbocycles. The number of rotatable bonds is 14. The topological polar surface area (TPSA) is 23.5 Å². The molecule has 19 heavy (non-hydrogen) atoms. The Labute approximate surface area is 121 Å². The molecule has 0 amide bonds. The molecule has 0 rings (SSSR count). The summed E-state index contributed by atoms with van der Waals surface area (Å²) < 4.78 is 0. The van der Waals surface area contributed by atoms with Gasteiger partial charge < -0.3 is 10.0 Å². The fourth-order valence-electron chi connectivity index (χ4n) is 2.51. The number of nitrogens with zero attached hydrogens (tertiary/aromatic N) is 1. The molecule has 116 valence electrons. The lowest BCUT2D eigenvalue weighted by molar-refractivity contribution is 0.114. The third-order valence-electron chi connectivity index (χ3n) is 3.81. The fraction of sp³-hybridized carbons (Fsp3) is 1.00. The number of aliphatic hydroxyl groups excluding tert-OH is 1. The smallest absolute Gasteiger partial charge is 0.0667 e. The molecule has 0 bridgehead atoms. The van der Waals surface area contributed by atoms with Crippen molar-refractivity contribution < 1.29 is 5.11 Å². The average molecular weight is 271 g/mol. The van der Waals surface area contributed by atoms with E-state index in [0.29, 0.717) is 0 Å². The number of likely N-dealkylation sites (N-methyl/N-ethyl adjacent to an activating group) is 1. The standard InChI is InChI=1S/C17H37NO/c1-4-6-8-10-11-13-15-18(3)16-17(19)14-12-9-7-5-2/h17,19H,4-16H2,1-3H3. The van der Waals surface area contributed by atoms with Crippen molar-refractivity contribution in [2.45, 2.75) is 90.6 Å². The van der Waals surface area contributed by atoms with Gasteiger partial charge in [-0.1, -0.05) is 71.6 Å². The van der Waals surface area contributed by atoms with E-state index in [2.05, 4.69) is 25.8 Å². The van der Waals surface area contributed by atoms with Crippen molar-refractivity contribution in [3.63, 3.8) is 0 Å². The van der Waals surface area contributed by atoms with Crippen molar-refractivity contribution in [2.24, 2.45) is 0 Å². The molecule has 0 aromatic carbocycles. The highest BCUT2D eigenvalue weighted by atomic mass is 16.3. The van der Waals surface area contributed by atoms with E-state index in [1.807, 2.05) is 0 Å². The Hall–Kier alpha value is -0.0800. The average Bonchev–Trinajstić information content (AvgIpc) is 2.39. The number of aliphatic hydroxyl groups is 1. The minimum atomic E-state index is -0.123. The molecule has 2 nitrogen and oxygen atoms in total. The third-order valence-corrected chi connectivity index (χ3v) is 3.81. The summed E-state index contributed by atoms with van der Waals surface area (Å²) in [6.07, 6.45) is 14.0. The van der Waals surface area contributed by atoms with E-state index in [1.165, 1.54) is 64.2 Å². The Balaban J connectivity index is 3.33. The molecule has 1 N–H and O–H groups in total. The molecule has 1 atom stereocenters. The van der Waals surface area contributed by atoms with Crippen LogP contribution in [0.2, 0.25) is 0 Å². The highest BCUT2D eigenvalue weighted by Crippen LogP contribution is 2.08. The van der Waals surface area contributed by atoms with Gasteiger partial charge in [-0.2, -0.15) is 0 Å². The highest BCUT2D eigenvalue weighted by molar-refractivity contribution is 4.62. The van der Waals surface area contributed by atoms with Gasteiger partial charge >= 0.3 is 0 Å². The van der Waals surface area contributed by atoms with Crippen LogP contribution in [0.4, 0.5) is 0 Å². The van der Waals surface area contributed by atoms with E-state index in [0.717, 1.165) is 19.5 Å². The largest absolute Gasteiger partial charge is 0.392 e. The summed E-state index contributed by atoms with van der Waals surface area (Å²) in [7, 11) is 2.14. The Morgan fingerprint density at radius 2 is 1.32 bits per heavy atom. The lowest BCUT2D eigenvalue weighted by Gasteiger charge is -2.20. The van der Waals surface area contributed by atoms with E-state index >= 15 is 0 Å².